The van der Waals surface area contributed by atoms with Crippen molar-refractivity contribution in [1.82, 2.24) is 44.0 Å². The van der Waals surface area contributed by atoms with Crippen molar-refractivity contribution in [3.63, 3.8) is 0 Å². The molecule has 6 aromatic rings. The van der Waals surface area contributed by atoms with E-state index < -0.39 is 7.12 Å². The third kappa shape index (κ3) is 4.22. The van der Waals surface area contributed by atoms with Crippen LogP contribution in [-0.4, -0.2) is 51.1 Å². The molecule has 10 heteroatoms. The van der Waals surface area contributed by atoms with Crippen molar-refractivity contribution in [3.8, 4) is 33.8 Å². The van der Waals surface area contributed by atoms with E-state index in [0.717, 1.165) is 50.9 Å². The quantitative estimate of drug-likeness (QED) is 0.327. The molecular formula is C27H24BN9-. The minimum atomic E-state index is -0.471. The Balaban J connectivity index is 1.53. The van der Waals surface area contributed by atoms with E-state index in [1.165, 1.54) is 0 Å². The molecule has 0 aliphatic rings. The van der Waals surface area contributed by atoms with Gasteiger partial charge in [0.05, 0.1) is 17.1 Å². The lowest BCUT2D eigenvalue weighted by Crippen LogP contribution is -2.45. The molecule has 37 heavy (non-hydrogen) atoms. The summed E-state index contributed by atoms with van der Waals surface area (Å²) < 4.78 is 5.88. The van der Waals surface area contributed by atoms with Crippen molar-refractivity contribution in [2.75, 3.05) is 0 Å². The van der Waals surface area contributed by atoms with E-state index in [1.807, 2.05) is 89.5 Å². The lowest BCUT2D eigenvalue weighted by molar-refractivity contribution is 0.743. The van der Waals surface area contributed by atoms with Gasteiger partial charge >= 0.3 is 0 Å². The molecule has 9 nitrogen and oxygen atoms in total. The molecule has 6 heterocycles. The molecule has 0 unspecified atom stereocenters. The Morgan fingerprint density at radius 1 is 0.514 bits per heavy atom. The van der Waals surface area contributed by atoms with Crippen LogP contribution in [0.15, 0.2) is 91.8 Å². The van der Waals surface area contributed by atoms with Gasteiger partial charge in [-0.25, -0.2) is 15.3 Å². The van der Waals surface area contributed by atoms with Crippen LogP contribution in [0.5, 0.6) is 0 Å². The van der Waals surface area contributed by atoms with E-state index in [4.69, 9.17) is 15.3 Å². The molecule has 0 aliphatic carbocycles. The van der Waals surface area contributed by atoms with Crippen LogP contribution in [0, 0.1) is 20.8 Å². The van der Waals surface area contributed by atoms with E-state index in [9.17, 15) is 0 Å². The highest BCUT2D eigenvalue weighted by molar-refractivity contribution is 6.53. The topological polar surface area (TPSA) is 92.1 Å². The Kier molecular flexibility index (Phi) is 5.68. The highest BCUT2D eigenvalue weighted by atomic mass is 15.5. The predicted molar refractivity (Wildman–Crippen MR) is 143 cm³/mol. The molecule has 0 saturated heterocycles. The maximum Gasteiger partial charge on any atom is 0.261 e. The van der Waals surface area contributed by atoms with Gasteiger partial charge in [-0.2, -0.15) is 0 Å². The first kappa shape index (κ1) is 22.6. The first-order chi connectivity index (χ1) is 18.1. The van der Waals surface area contributed by atoms with Gasteiger partial charge in [0.1, 0.15) is 0 Å². The molecule has 6 aromatic heterocycles. The van der Waals surface area contributed by atoms with Crippen LogP contribution in [0.3, 0.4) is 0 Å². The highest BCUT2D eigenvalue weighted by Crippen LogP contribution is 2.24. The zero-order valence-corrected chi connectivity index (χ0v) is 20.8. The normalized spacial score (nSPS) is 11.4. The SMILES string of the molecule is Cc1cc(-c2cccnc2)nn1[B-](n1nc(-c2cccnc2)cc1C)n1nc(-c2cccnc2)cc1C. The summed E-state index contributed by atoms with van der Waals surface area (Å²) in [6.07, 6.45) is 10.7. The van der Waals surface area contributed by atoms with Crippen LogP contribution in [-0.2, 0) is 0 Å². The largest absolute Gasteiger partial charge is 0.422 e. The van der Waals surface area contributed by atoms with E-state index >= 15 is 0 Å². The minimum Gasteiger partial charge on any atom is -0.422 e. The van der Waals surface area contributed by atoms with E-state index in [-0.39, 0.29) is 0 Å². The van der Waals surface area contributed by atoms with Crippen molar-refractivity contribution in [1.29, 1.82) is 0 Å². The first-order valence-electron chi connectivity index (χ1n) is 12.0. The average molecular weight is 485 g/mol. The first-order valence-corrected chi connectivity index (χ1v) is 12.0. The summed E-state index contributed by atoms with van der Waals surface area (Å²) in [5.41, 5.74) is 8.28. The summed E-state index contributed by atoms with van der Waals surface area (Å²) in [6.45, 7) is 6.13. The smallest absolute Gasteiger partial charge is 0.261 e. The van der Waals surface area contributed by atoms with E-state index in [2.05, 4.69) is 33.2 Å². The van der Waals surface area contributed by atoms with Crippen molar-refractivity contribution in [2.45, 2.75) is 20.8 Å². The Hall–Kier alpha value is -4.86. The van der Waals surface area contributed by atoms with Gasteiger partial charge in [-0.15, -0.1) is 0 Å². The van der Waals surface area contributed by atoms with Crippen molar-refractivity contribution >= 4 is 7.12 Å². The number of aromatic nitrogens is 9. The maximum absolute atomic E-state index is 5.01. The Bertz CT molecular complexity index is 1460. The monoisotopic (exact) mass is 485 g/mol. The third-order valence-corrected chi connectivity index (χ3v) is 6.30. The Morgan fingerprint density at radius 2 is 0.838 bits per heavy atom. The fourth-order valence-corrected chi connectivity index (χ4v) is 4.44. The van der Waals surface area contributed by atoms with Gasteiger partial charge in [0, 0.05) is 53.9 Å². The number of rotatable bonds is 6. The summed E-state index contributed by atoms with van der Waals surface area (Å²) in [5.74, 6) is 0. The molecule has 0 N–H and O–H groups in total. The number of hydrogen-bond donors (Lipinski definition) is 0. The standard InChI is InChI=1S/C27H24BN9/c1-19-13-25(22-7-4-10-29-16-22)32-35(19)28(36-20(2)14-26(33-36)23-8-5-11-30-17-23)37-21(3)15-27(34-37)24-9-6-12-31-18-24/h4-18H,1-3H3/q-1. The second-order valence-electron chi connectivity index (χ2n) is 8.92. The summed E-state index contributed by atoms with van der Waals surface area (Å²) >= 11 is 0. The molecule has 0 atom stereocenters. The van der Waals surface area contributed by atoms with Crippen LogP contribution in [0.4, 0.5) is 0 Å². The van der Waals surface area contributed by atoms with Crippen molar-refractivity contribution in [2.24, 2.45) is 0 Å². The van der Waals surface area contributed by atoms with Crippen LogP contribution < -0.4 is 0 Å². The van der Waals surface area contributed by atoms with Gasteiger partial charge in [0.15, 0.2) is 0 Å². The predicted octanol–water partition coefficient (Wildman–Crippen LogP) is 4.32. The molecular weight excluding hydrogens is 461 g/mol. The fraction of sp³-hybridized carbons (Fsp3) is 0.111. The number of hydrogen-bond acceptors (Lipinski definition) is 6. The van der Waals surface area contributed by atoms with Crippen LogP contribution >= 0.6 is 0 Å². The van der Waals surface area contributed by atoms with Crippen molar-refractivity contribution in [3.05, 3.63) is 109 Å². The summed E-state index contributed by atoms with van der Waals surface area (Å²) in [5, 5.41) is 15.0. The zero-order valence-electron chi connectivity index (χ0n) is 20.8. The minimum absolute atomic E-state index is 0.471. The van der Waals surface area contributed by atoms with Gasteiger partial charge in [-0.1, -0.05) is 0 Å². The van der Waals surface area contributed by atoms with Gasteiger partial charge < -0.3 is 13.8 Å². The van der Waals surface area contributed by atoms with Crippen LogP contribution in [0.2, 0.25) is 0 Å². The molecule has 0 amide bonds. The molecule has 0 fully saturated rings. The second kappa shape index (κ2) is 9.31. The van der Waals surface area contributed by atoms with Gasteiger partial charge in [0.2, 0.25) is 0 Å². The molecule has 0 bridgehead atoms. The molecule has 6 rings (SSSR count). The van der Waals surface area contributed by atoms with E-state index in [1.54, 1.807) is 18.6 Å². The molecule has 0 aliphatic heterocycles. The van der Waals surface area contributed by atoms with Gasteiger partial charge in [0.25, 0.3) is 7.12 Å². The number of pyridine rings is 3. The molecule has 0 aromatic carbocycles. The number of nitrogens with zero attached hydrogens (tertiary/aromatic N) is 9. The number of aryl methyl sites for hydroxylation is 3. The third-order valence-electron chi connectivity index (χ3n) is 6.30. The summed E-state index contributed by atoms with van der Waals surface area (Å²) in [4.78, 5) is 12.8. The van der Waals surface area contributed by atoms with Crippen molar-refractivity contribution < 1.29 is 0 Å². The molecule has 0 saturated carbocycles. The maximum atomic E-state index is 5.01. The lowest BCUT2D eigenvalue weighted by Gasteiger charge is -2.33. The Labute approximate surface area is 214 Å². The van der Waals surface area contributed by atoms with Crippen LogP contribution in [0.1, 0.15) is 17.1 Å². The highest BCUT2D eigenvalue weighted by Gasteiger charge is 2.20. The fourth-order valence-electron chi connectivity index (χ4n) is 4.44. The average Bonchev–Trinajstić information content (AvgIpc) is 3.64. The second-order valence-corrected chi connectivity index (χ2v) is 8.92. The summed E-state index contributed by atoms with van der Waals surface area (Å²) in [7, 11) is -0.471. The lowest BCUT2D eigenvalue weighted by atomic mass is 9.93. The van der Waals surface area contributed by atoms with Gasteiger partial charge in [-0.05, 0) is 92.5 Å². The Morgan fingerprint density at radius 3 is 1.11 bits per heavy atom. The zero-order chi connectivity index (χ0) is 25.4. The molecule has 1 radical (unpaired) electrons. The van der Waals surface area contributed by atoms with Crippen LogP contribution in [0.25, 0.3) is 33.8 Å². The van der Waals surface area contributed by atoms with E-state index in [0.29, 0.717) is 0 Å². The summed E-state index contributed by atoms with van der Waals surface area (Å²) in [6, 6.07) is 17.9. The molecule has 181 valence electrons. The molecule has 0 spiro atoms. The van der Waals surface area contributed by atoms with Gasteiger partial charge in [-0.3, -0.25) is 15.0 Å².